The number of aliphatic hydroxyl groups is 1. The molecule has 1 aliphatic heterocycles. The molecule has 6 nitrogen and oxygen atoms in total. The Morgan fingerprint density at radius 3 is 2.71 bits per heavy atom. The molecule has 1 saturated heterocycles. The zero-order valence-corrected chi connectivity index (χ0v) is 18.6. The van der Waals surface area contributed by atoms with Gasteiger partial charge in [-0.25, -0.2) is 0 Å². The normalized spacial score (nSPS) is 19.0. The second kappa shape index (κ2) is 11.7. The molecule has 1 N–H and O–H groups in total. The molecule has 0 aromatic heterocycles. The predicted octanol–water partition coefficient (Wildman–Crippen LogP) is 1.89. The molecule has 1 fully saturated rings. The number of amides is 1. The van der Waals surface area contributed by atoms with E-state index in [0.717, 1.165) is 18.4 Å². The number of hydrogen-bond donors (Lipinski definition) is 1. The van der Waals surface area contributed by atoms with Gasteiger partial charge in [-0.3, -0.25) is 0 Å². The third kappa shape index (κ3) is 6.39. The van der Waals surface area contributed by atoms with Crippen molar-refractivity contribution in [1.29, 1.82) is 0 Å². The van der Waals surface area contributed by atoms with Crippen LogP contribution in [-0.4, -0.2) is 74.3 Å². The van der Waals surface area contributed by atoms with Crippen LogP contribution in [0.5, 0.6) is 0 Å². The topological polar surface area (TPSA) is 68.2 Å². The summed E-state index contributed by atoms with van der Waals surface area (Å²) in [7, 11) is 0. The summed E-state index contributed by atoms with van der Waals surface area (Å²) >= 11 is 2.81. The van der Waals surface area contributed by atoms with Crippen molar-refractivity contribution >= 4 is 26.2 Å². The average molecular weight is 456 g/mol. The minimum absolute atomic E-state index is 0.0506. The van der Waals surface area contributed by atoms with Crippen molar-refractivity contribution in [3.05, 3.63) is 35.9 Å². The third-order valence-electron chi connectivity index (χ3n) is 4.71. The standard InChI is InChI=1S/C21H31NO5Se/c1-4-5-11-25-14-18(23)19(26-12-16-9-7-6-8-10-16)20(24)22-17(15(2)3)13-27-21(22)28/h6-10,15,17-19,23H,4-5,11-14H2,1-3H3/t17-,18-,19-/m1/s1. The first-order chi connectivity index (χ1) is 13.5. The van der Waals surface area contributed by atoms with Gasteiger partial charge in [-0.2, -0.15) is 0 Å². The van der Waals surface area contributed by atoms with Gasteiger partial charge in [0.2, 0.25) is 0 Å². The van der Waals surface area contributed by atoms with Crippen LogP contribution in [0.1, 0.15) is 39.2 Å². The Morgan fingerprint density at radius 1 is 1.36 bits per heavy atom. The van der Waals surface area contributed by atoms with E-state index in [4.69, 9.17) is 14.2 Å². The van der Waals surface area contributed by atoms with Gasteiger partial charge in [0.15, 0.2) is 0 Å². The van der Waals surface area contributed by atoms with Crippen LogP contribution in [0, 0.1) is 5.92 Å². The first-order valence-corrected chi connectivity index (χ1v) is 10.7. The van der Waals surface area contributed by atoms with E-state index in [0.29, 0.717) is 17.9 Å². The number of unbranched alkanes of at least 4 members (excludes halogenated alkanes) is 1. The number of rotatable bonds is 11. The van der Waals surface area contributed by atoms with E-state index in [1.165, 1.54) is 0 Å². The SMILES string of the molecule is CCCCOC[C@@H](O)[C@@H](OCc1ccccc1)C(=O)N1C(=[Se])OC[C@@H]1C(C)C. The molecular formula is C21H31NO5Se. The number of hydrogen-bond acceptors (Lipinski definition) is 5. The molecule has 7 heteroatoms. The maximum atomic E-state index is 13.3. The van der Waals surface area contributed by atoms with Crippen LogP contribution in [0.4, 0.5) is 0 Å². The molecule has 28 heavy (non-hydrogen) atoms. The van der Waals surface area contributed by atoms with E-state index in [1.807, 2.05) is 44.2 Å². The van der Waals surface area contributed by atoms with Gasteiger partial charge in [-0.05, 0) is 0 Å². The summed E-state index contributed by atoms with van der Waals surface area (Å²) in [4.78, 5) is 14.9. The van der Waals surface area contributed by atoms with Gasteiger partial charge in [0.05, 0.1) is 0 Å². The molecule has 1 heterocycles. The first-order valence-electron chi connectivity index (χ1n) is 9.86. The fourth-order valence-electron chi connectivity index (χ4n) is 2.96. The molecular weight excluding hydrogens is 425 g/mol. The van der Waals surface area contributed by atoms with Gasteiger partial charge in [0.25, 0.3) is 0 Å². The fourth-order valence-corrected chi connectivity index (χ4v) is 3.58. The van der Waals surface area contributed by atoms with Gasteiger partial charge in [-0.1, -0.05) is 0 Å². The number of nitrogens with zero attached hydrogens (tertiary/aromatic N) is 1. The Kier molecular flexibility index (Phi) is 9.62. The second-order valence-electron chi connectivity index (χ2n) is 7.31. The molecule has 156 valence electrons. The summed E-state index contributed by atoms with van der Waals surface area (Å²) in [5.41, 5.74) is 0.935. The van der Waals surface area contributed by atoms with Crippen molar-refractivity contribution in [2.24, 2.45) is 5.92 Å². The van der Waals surface area contributed by atoms with Crippen molar-refractivity contribution in [2.45, 2.75) is 58.5 Å². The van der Waals surface area contributed by atoms with Crippen molar-refractivity contribution in [3.63, 3.8) is 0 Å². The van der Waals surface area contributed by atoms with Crippen LogP contribution >= 0.6 is 0 Å². The first kappa shape index (κ1) is 23.0. The van der Waals surface area contributed by atoms with Crippen LogP contribution in [0.2, 0.25) is 0 Å². The zero-order valence-electron chi connectivity index (χ0n) is 16.9. The molecule has 1 aliphatic rings. The molecule has 0 aliphatic carbocycles. The molecule has 2 rings (SSSR count). The van der Waals surface area contributed by atoms with Gasteiger partial charge < -0.3 is 0 Å². The van der Waals surface area contributed by atoms with E-state index in [2.05, 4.69) is 22.5 Å². The number of carbonyl (C=O) groups excluding carboxylic acids is 1. The van der Waals surface area contributed by atoms with Crippen molar-refractivity contribution in [3.8, 4) is 0 Å². The Hall–Kier alpha value is -1.24. The number of ether oxygens (including phenoxy) is 3. The molecule has 0 spiro atoms. The zero-order chi connectivity index (χ0) is 20.5. The van der Waals surface area contributed by atoms with E-state index < -0.39 is 12.2 Å². The predicted molar refractivity (Wildman–Crippen MR) is 109 cm³/mol. The molecule has 0 saturated carbocycles. The summed E-state index contributed by atoms with van der Waals surface area (Å²) in [5.74, 6) is -0.102. The van der Waals surface area contributed by atoms with Gasteiger partial charge in [-0.15, -0.1) is 0 Å². The van der Waals surface area contributed by atoms with Crippen LogP contribution in [-0.2, 0) is 25.6 Å². The van der Waals surface area contributed by atoms with Crippen LogP contribution in [0.25, 0.3) is 0 Å². The fraction of sp³-hybridized carbons (Fsp3) is 0.619. The van der Waals surface area contributed by atoms with Crippen LogP contribution in [0.15, 0.2) is 30.3 Å². The second-order valence-corrected chi connectivity index (χ2v) is 8.04. The van der Waals surface area contributed by atoms with Gasteiger partial charge in [0.1, 0.15) is 0 Å². The van der Waals surface area contributed by atoms with Gasteiger partial charge >= 0.3 is 175 Å². The number of carbonyl (C=O) groups is 1. The van der Waals surface area contributed by atoms with Crippen LogP contribution < -0.4 is 0 Å². The number of benzene rings is 1. The van der Waals surface area contributed by atoms with Crippen molar-refractivity contribution in [2.75, 3.05) is 19.8 Å². The van der Waals surface area contributed by atoms with Crippen molar-refractivity contribution in [1.82, 2.24) is 4.90 Å². The Labute approximate surface area is 175 Å². The van der Waals surface area contributed by atoms with E-state index in [1.54, 1.807) is 4.90 Å². The third-order valence-corrected chi connectivity index (χ3v) is 5.37. The quantitative estimate of drug-likeness (QED) is 0.407. The summed E-state index contributed by atoms with van der Waals surface area (Å²) in [6.07, 6.45) is -0.177. The summed E-state index contributed by atoms with van der Waals surface area (Å²) < 4.78 is 17.4. The Morgan fingerprint density at radius 2 is 2.07 bits per heavy atom. The molecule has 0 radical (unpaired) electrons. The summed E-state index contributed by atoms with van der Waals surface area (Å²) in [6, 6.07) is 9.50. The minimum atomic E-state index is -1.06. The van der Waals surface area contributed by atoms with E-state index in [-0.39, 0.29) is 31.1 Å². The average Bonchev–Trinajstić information content (AvgIpc) is 3.08. The Bertz CT molecular complexity index is 624. The maximum absolute atomic E-state index is 13.3. The Balaban J connectivity index is 2.11. The van der Waals surface area contributed by atoms with E-state index in [9.17, 15) is 9.90 Å². The van der Waals surface area contributed by atoms with Gasteiger partial charge in [0, 0.05) is 0 Å². The van der Waals surface area contributed by atoms with Crippen molar-refractivity contribution < 1.29 is 24.1 Å². The molecule has 3 atom stereocenters. The number of aliphatic hydroxyl groups excluding tert-OH is 1. The molecule has 0 bridgehead atoms. The monoisotopic (exact) mass is 457 g/mol. The van der Waals surface area contributed by atoms with Crippen LogP contribution in [0.3, 0.4) is 0 Å². The van der Waals surface area contributed by atoms with E-state index >= 15 is 0 Å². The molecule has 1 amide bonds. The summed E-state index contributed by atoms with van der Waals surface area (Å²) in [6.45, 7) is 7.41. The molecule has 1 aromatic carbocycles. The molecule has 1 aromatic rings. The summed E-state index contributed by atoms with van der Waals surface area (Å²) in [5, 5.41) is 10.7. The molecule has 0 unspecified atom stereocenters.